The minimum absolute atomic E-state index is 0.333. The Kier molecular flexibility index (Phi) is 5.52. The van der Waals surface area contributed by atoms with Gasteiger partial charge in [0.15, 0.2) is 0 Å². The zero-order valence-corrected chi connectivity index (χ0v) is 19.5. The Morgan fingerprint density at radius 1 is 0.706 bits per heavy atom. The van der Waals surface area contributed by atoms with Gasteiger partial charge in [0.25, 0.3) is 0 Å². The zero-order valence-electron chi connectivity index (χ0n) is 19.5. The van der Waals surface area contributed by atoms with Crippen LogP contribution in [-0.4, -0.2) is 13.1 Å². The number of anilines is 2. The molecule has 4 aromatic carbocycles. The van der Waals surface area contributed by atoms with E-state index >= 15 is 0 Å². The maximum atomic E-state index is 3.92. The smallest absolute Gasteiger partial charge is 0.0487 e. The predicted octanol–water partition coefficient (Wildman–Crippen LogP) is 7.54. The lowest BCUT2D eigenvalue weighted by Crippen LogP contribution is -2.45. The second-order valence-corrected chi connectivity index (χ2v) is 9.49. The van der Waals surface area contributed by atoms with E-state index in [1.54, 1.807) is 0 Å². The molecule has 0 spiro atoms. The van der Waals surface area contributed by atoms with E-state index in [9.17, 15) is 0 Å². The van der Waals surface area contributed by atoms with Crippen LogP contribution in [0.5, 0.6) is 0 Å². The van der Waals surface area contributed by atoms with Crippen molar-refractivity contribution in [3.8, 4) is 0 Å². The van der Waals surface area contributed by atoms with Crippen LogP contribution in [0.1, 0.15) is 29.5 Å². The summed E-state index contributed by atoms with van der Waals surface area (Å²) in [6, 6.07) is 36.0. The highest BCUT2D eigenvalue weighted by Gasteiger charge is 2.36. The van der Waals surface area contributed by atoms with Gasteiger partial charge in [0.2, 0.25) is 0 Å². The SMILES string of the molecule is CN(c1ccc(C2CC(c3ccccc3)C3C=CC=CC3N2)cc1)c1cccc2ccccc12. The largest absolute Gasteiger partial charge is 0.344 e. The monoisotopic (exact) mass is 442 g/mol. The van der Waals surface area contributed by atoms with Crippen LogP contribution in [0, 0.1) is 5.92 Å². The molecular weight excluding hydrogens is 412 g/mol. The Morgan fingerprint density at radius 2 is 1.44 bits per heavy atom. The van der Waals surface area contributed by atoms with E-state index in [1.165, 1.54) is 33.3 Å². The maximum absolute atomic E-state index is 3.92. The molecule has 6 rings (SSSR count). The molecule has 1 heterocycles. The van der Waals surface area contributed by atoms with Crippen molar-refractivity contribution in [2.24, 2.45) is 5.92 Å². The highest BCUT2D eigenvalue weighted by atomic mass is 15.1. The number of hydrogen-bond acceptors (Lipinski definition) is 2. The molecule has 4 atom stereocenters. The van der Waals surface area contributed by atoms with Gasteiger partial charge in [-0.1, -0.05) is 103 Å². The molecule has 168 valence electrons. The number of hydrogen-bond donors (Lipinski definition) is 1. The van der Waals surface area contributed by atoms with E-state index in [-0.39, 0.29) is 0 Å². The molecule has 1 N–H and O–H groups in total. The number of allylic oxidation sites excluding steroid dienone is 2. The molecule has 2 heteroatoms. The number of nitrogens with zero attached hydrogens (tertiary/aromatic N) is 1. The van der Waals surface area contributed by atoms with Crippen molar-refractivity contribution in [3.63, 3.8) is 0 Å². The van der Waals surface area contributed by atoms with Gasteiger partial charge in [-0.15, -0.1) is 0 Å². The molecule has 1 saturated heterocycles. The molecule has 0 amide bonds. The Balaban J connectivity index is 1.28. The van der Waals surface area contributed by atoms with Gasteiger partial charge in [-0.2, -0.15) is 0 Å². The van der Waals surface area contributed by atoms with Crippen molar-refractivity contribution in [2.45, 2.75) is 24.4 Å². The Hall–Kier alpha value is -3.62. The lowest BCUT2D eigenvalue weighted by Gasteiger charge is -2.42. The van der Waals surface area contributed by atoms with Crippen LogP contribution in [0.15, 0.2) is 121 Å². The Bertz CT molecular complexity index is 1330. The maximum Gasteiger partial charge on any atom is 0.0487 e. The molecule has 0 radical (unpaired) electrons. The highest BCUT2D eigenvalue weighted by molar-refractivity contribution is 5.95. The number of fused-ring (bicyclic) bond motifs is 2. The predicted molar refractivity (Wildman–Crippen MR) is 144 cm³/mol. The van der Waals surface area contributed by atoms with Crippen LogP contribution >= 0.6 is 0 Å². The fourth-order valence-electron chi connectivity index (χ4n) is 5.75. The molecule has 4 aromatic rings. The lowest BCUT2D eigenvalue weighted by atomic mass is 9.72. The van der Waals surface area contributed by atoms with Crippen molar-refractivity contribution in [3.05, 3.63) is 132 Å². The second-order valence-electron chi connectivity index (χ2n) is 9.49. The minimum atomic E-state index is 0.333. The first kappa shape index (κ1) is 20.9. The molecule has 0 saturated carbocycles. The van der Waals surface area contributed by atoms with Gasteiger partial charge in [-0.25, -0.2) is 0 Å². The third-order valence-corrected chi connectivity index (χ3v) is 7.56. The minimum Gasteiger partial charge on any atom is -0.344 e. The summed E-state index contributed by atoms with van der Waals surface area (Å²) in [7, 11) is 2.16. The van der Waals surface area contributed by atoms with Gasteiger partial charge in [0.05, 0.1) is 0 Å². The zero-order chi connectivity index (χ0) is 22.9. The summed E-state index contributed by atoms with van der Waals surface area (Å²) in [5.74, 6) is 1.01. The topological polar surface area (TPSA) is 15.3 Å². The molecular formula is C32H30N2. The first-order valence-corrected chi connectivity index (χ1v) is 12.3. The van der Waals surface area contributed by atoms with Gasteiger partial charge in [-0.05, 0) is 47.1 Å². The number of benzene rings is 4. The summed E-state index contributed by atoms with van der Waals surface area (Å²) in [6.07, 6.45) is 10.2. The van der Waals surface area contributed by atoms with Crippen molar-refractivity contribution >= 4 is 22.1 Å². The van der Waals surface area contributed by atoms with Crippen LogP contribution < -0.4 is 10.2 Å². The van der Waals surface area contributed by atoms with Crippen LogP contribution in [0.2, 0.25) is 0 Å². The first-order chi connectivity index (χ1) is 16.8. The molecule has 34 heavy (non-hydrogen) atoms. The molecule has 1 fully saturated rings. The van der Waals surface area contributed by atoms with Crippen LogP contribution in [0.3, 0.4) is 0 Å². The van der Waals surface area contributed by atoms with Gasteiger partial charge in [0, 0.05) is 41.8 Å². The fourth-order valence-corrected chi connectivity index (χ4v) is 5.75. The van der Waals surface area contributed by atoms with E-state index in [1.807, 2.05) is 0 Å². The Labute approximate surface area is 202 Å². The average Bonchev–Trinajstić information content (AvgIpc) is 2.92. The Morgan fingerprint density at radius 3 is 2.29 bits per heavy atom. The third-order valence-electron chi connectivity index (χ3n) is 7.56. The summed E-state index contributed by atoms with van der Waals surface area (Å²) in [6.45, 7) is 0. The number of piperidine rings is 1. The van der Waals surface area contributed by atoms with Gasteiger partial charge < -0.3 is 10.2 Å². The molecule has 4 unspecified atom stereocenters. The quantitative estimate of drug-likeness (QED) is 0.351. The molecule has 0 bridgehead atoms. The molecule has 2 nitrogen and oxygen atoms in total. The highest BCUT2D eigenvalue weighted by Crippen LogP contribution is 2.43. The van der Waals surface area contributed by atoms with Gasteiger partial charge in [-0.3, -0.25) is 0 Å². The number of nitrogens with one attached hydrogen (secondary N) is 1. The van der Waals surface area contributed by atoms with Gasteiger partial charge in [0.1, 0.15) is 0 Å². The summed E-state index contributed by atoms with van der Waals surface area (Å²) in [5.41, 5.74) is 5.23. The van der Waals surface area contributed by atoms with E-state index in [0.29, 0.717) is 23.9 Å². The van der Waals surface area contributed by atoms with E-state index < -0.39 is 0 Å². The van der Waals surface area contributed by atoms with E-state index in [2.05, 4.69) is 139 Å². The first-order valence-electron chi connectivity index (χ1n) is 12.3. The summed E-state index contributed by atoms with van der Waals surface area (Å²) in [4.78, 5) is 2.29. The summed E-state index contributed by atoms with van der Waals surface area (Å²) < 4.78 is 0. The average molecular weight is 443 g/mol. The van der Waals surface area contributed by atoms with Crippen molar-refractivity contribution in [1.82, 2.24) is 5.32 Å². The van der Waals surface area contributed by atoms with Crippen molar-refractivity contribution in [1.29, 1.82) is 0 Å². The third kappa shape index (κ3) is 3.85. The van der Waals surface area contributed by atoms with Crippen LogP contribution in [0.4, 0.5) is 11.4 Å². The van der Waals surface area contributed by atoms with E-state index in [0.717, 1.165) is 6.42 Å². The lowest BCUT2D eigenvalue weighted by molar-refractivity contribution is 0.264. The molecule has 1 aliphatic heterocycles. The molecule has 2 aliphatic rings. The molecule has 0 aromatic heterocycles. The fraction of sp³-hybridized carbons (Fsp3) is 0.188. The molecule has 1 aliphatic carbocycles. The summed E-state index contributed by atoms with van der Waals surface area (Å²) in [5, 5.41) is 6.47. The summed E-state index contributed by atoms with van der Waals surface area (Å²) >= 11 is 0. The standard InChI is InChI=1S/C32H30N2/c1-34(32-17-9-13-23-12-5-6-14-27(23)32)26-20-18-25(19-21-26)31-22-29(24-10-3-2-4-11-24)28-15-7-8-16-30(28)33-31/h2-21,28-31,33H,22H2,1H3. The second kappa shape index (κ2) is 8.96. The number of rotatable bonds is 4. The van der Waals surface area contributed by atoms with Crippen molar-refractivity contribution < 1.29 is 0 Å². The normalized spacial score (nSPS) is 23.6. The van der Waals surface area contributed by atoms with Crippen LogP contribution in [0.25, 0.3) is 10.8 Å². The van der Waals surface area contributed by atoms with E-state index in [4.69, 9.17) is 0 Å². The van der Waals surface area contributed by atoms with Gasteiger partial charge >= 0.3 is 0 Å². The van der Waals surface area contributed by atoms with Crippen LogP contribution in [-0.2, 0) is 0 Å². The van der Waals surface area contributed by atoms with Crippen molar-refractivity contribution in [2.75, 3.05) is 11.9 Å².